The highest BCUT2D eigenvalue weighted by atomic mass is 16.5. The Labute approximate surface area is 157 Å². The largest absolute Gasteiger partial charge is 0.450 e. The van der Waals surface area contributed by atoms with Crippen molar-refractivity contribution in [3.8, 4) is 11.3 Å². The van der Waals surface area contributed by atoms with Gasteiger partial charge in [-0.05, 0) is 25.0 Å². The quantitative estimate of drug-likeness (QED) is 0.642. The summed E-state index contributed by atoms with van der Waals surface area (Å²) in [6.07, 6.45) is 1.43. The molecule has 1 atom stereocenters. The van der Waals surface area contributed by atoms with E-state index in [0.717, 1.165) is 35.0 Å². The molecule has 0 saturated heterocycles. The molecular weight excluding hydrogens is 342 g/mol. The zero-order valence-electron chi connectivity index (χ0n) is 15.5. The van der Waals surface area contributed by atoms with E-state index >= 15 is 0 Å². The van der Waals surface area contributed by atoms with Crippen molar-refractivity contribution < 1.29 is 9.53 Å². The van der Waals surface area contributed by atoms with Gasteiger partial charge in [-0.25, -0.2) is 9.89 Å². The van der Waals surface area contributed by atoms with E-state index < -0.39 is 6.09 Å². The van der Waals surface area contributed by atoms with E-state index in [2.05, 4.69) is 15.5 Å². The molecule has 6 nitrogen and oxygen atoms in total. The number of unbranched alkanes of at least 4 members (excludes halogenated alkanes) is 1. The molecule has 0 radical (unpaired) electrons. The fourth-order valence-electron chi connectivity index (χ4n) is 2.88. The minimum absolute atomic E-state index is 0.173. The fourth-order valence-corrected chi connectivity index (χ4v) is 2.88. The molecule has 2 N–H and O–H groups in total. The maximum Gasteiger partial charge on any atom is 0.407 e. The Balaban J connectivity index is 1.77. The highest BCUT2D eigenvalue weighted by Gasteiger charge is 2.12. The summed E-state index contributed by atoms with van der Waals surface area (Å²) in [5.74, 6) is 0. The topological polar surface area (TPSA) is 84.1 Å². The second-order valence-electron chi connectivity index (χ2n) is 6.42. The molecule has 0 aliphatic carbocycles. The molecule has 0 spiro atoms. The van der Waals surface area contributed by atoms with Crippen LogP contribution in [0.2, 0.25) is 0 Å². The van der Waals surface area contributed by atoms with Crippen LogP contribution in [0.4, 0.5) is 4.79 Å². The summed E-state index contributed by atoms with van der Waals surface area (Å²) in [6, 6.07) is 15.0. The maximum absolute atomic E-state index is 11.9. The average molecular weight is 365 g/mol. The van der Waals surface area contributed by atoms with Crippen LogP contribution in [0.15, 0.2) is 53.3 Å². The summed E-state index contributed by atoms with van der Waals surface area (Å²) in [7, 11) is 0. The van der Waals surface area contributed by atoms with E-state index in [0.29, 0.717) is 12.0 Å². The number of aromatic nitrogens is 2. The number of carbonyl (C=O) groups is 1. The molecule has 0 saturated carbocycles. The summed E-state index contributed by atoms with van der Waals surface area (Å²) in [4.78, 5) is 23.7. The Bertz CT molecular complexity index is 980. The van der Waals surface area contributed by atoms with Gasteiger partial charge in [0.25, 0.3) is 5.56 Å². The monoisotopic (exact) mass is 365 g/mol. The molecule has 0 fully saturated rings. The number of alkyl carbamates (subject to hydrolysis) is 1. The molecule has 1 aromatic heterocycles. The lowest BCUT2D eigenvalue weighted by atomic mass is 10.0. The van der Waals surface area contributed by atoms with Crippen molar-refractivity contribution in [3.05, 3.63) is 64.4 Å². The van der Waals surface area contributed by atoms with Gasteiger partial charge in [0.05, 0.1) is 23.7 Å². The van der Waals surface area contributed by atoms with Crippen LogP contribution in [-0.2, 0) is 4.74 Å². The molecule has 0 unspecified atom stereocenters. The number of nitrogens with one attached hydrogen (secondary N) is 2. The van der Waals surface area contributed by atoms with Crippen molar-refractivity contribution in [2.75, 3.05) is 6.61 Å². The van der Waals surface area contributed by atoms with Gasteiger partial charge in [0, 0.05) is 10.9 Å². The molecule has 6 heteroatoms. The number of ether oxygens (including phenoxy) is 1. The van der Waals surface area contributed by atoms with Crippen molar-refractivity contribution in [2.45, 2.75) is 32.7 Å². The zero-order chi connectivity index (χ0) is 19.2. The third-order valence-corrected chi connectivity index (χ3v) is 4.45. The first-order valence-corrected chi connectivity index (χ1v) is 9.11. The van der Waals surface area contributed by atoms with Crippen molar-refractivity contribution in [1.82, 2.24) is 15.5 Å². The first kappa shape index (κ1) is 18.6. The number of hydrogen-bond donors (Lipinski definition) is 2. The highest BCUT2D eigenvalue weighted by Crippen LogP contribution is 2.25. The SMILES string of the molecule is CCCCOC(=O)N[C@H](C)c1ccc(-c2n[nH]c(=O)c3ccccc23)cc1. The number of carbonyl (C=O) groups excluding carboxylic acids is 1. The van der Waals surface area contributed by atoms with E-state index in [1.807, 2.05) is 56.3 Å². The van der Waals surface area contributed by atoms with Crippen LogP contribution < -0.4 is 10.9 Å². The maximum atomic E-state index is 11.9. The summed E-state index contributed by atoms with van der Waals surface area (Å²) in [5, 5.41) is 11.0. The minimum Gasteiger partial charge on any atom is -0.450 e. The standard InChI is InChI=1S/C21H23N3O3/c1-3-4-13-27-21(26)22-14(2)15-9-11-16(12-10-15)19-17-7-5-6-8-18(17)20(25)24-23-19/h5-12,14H,3-4,13H2,1-2H3,(H,22,26)(H,24,25)/t14-/m1/s1. The van der Waals surface area contributed by atoms with Gasteiger partial charge in [-0.2, -0.15) is 5.10 Å². The Morgan fingerprint density at radius 1 is 1.15 bits per heavy atom. The molecule has 0 bridgehead atoms. The van der Waals surface area contributed by atoms with Gasteiger partial charge in [-0.15, -0.1) is 0 Å². The van der Waals surface area contributed by atoms with Gasteiger partial charge < -0.3 is 10.1 Å². The van der Waals surface area contributed by atoms with Crippen molar-refractivity contribution >= 4 is 16.9 Å². The molecular formula is C21H23N3O3. The van der Waals surface area contributed by atoms with Crippen LogP contribution in [-0.4, -0.2) is 22.9 Å². The lowest BCUT2D eigenvalue weighted by molar-refractivity contribution is 0.141. The number of H-pyrrole nitrogens is 1. The second kappa shape index (κ2) is 8.49. The summed E-state index contributed by atoms with van der Waals surface area (Å²) < 4.78 is 5.13. The van der Waals surface area contributed by atoms with Gasteiger partial charge in [-0.1, -0.05) is 55.8 Å². The number of aromatic amines is 1. The lowest BCUT2D eigenvalue weighted by Crippen LogP contribution is -2.27. The Morgan fingerprint density at radius 3 is 2.56 bits per heavy atom. The molecule has 0 aliphatic rings. The van der Waals surface area contributed by atoms with E-state index in [1.54, 1.807) is 6.07 Å². The Kier molecular flexibility index (Phi) is 5.86. The van der Waals surface area contributed by atoms with Crippen LogP contribution >= 0.6 is 0 Å². The van der Waals surface area contributed by atoms with Crippen molar-refractivity contribution in [2.24, 2.45) is 0 Å². The summed E-state index contributed by atoms with van der Waals surface area (Å²) in [6.45, 7) is 4.38. The van der Waals surface area contributed by atoms with E-state index in [4.69, 9.17) is 4.74 Å². The minimum atomic E-state index is -0.409. The number of hydrogen-bond acceptors (Lipinski definition) is 4. The van der Waals surface area contributed by atoms with Crippen LogP contribution in [0.1, 0.15) is 38.3 Å². The van der Waals surface area contributed by atoms with Gasteiger partial charge >= 0.3 is 6.09 Å². The molecule has 0 aliphatic heterocycles. The van der Waals surface area contributed by atoms with Crippen LogP contribution in [0, 0.1) is 0 Å². The van der Waals surface area contributed by atoms with Gasteiger partial charge in [0.15, 0.2) is 0 Å². The first-order valence-electron chi connectivity index (χ1n) is 9.11. The third-order valence-electron chi connectivity index (χ3n) is 4.45. The zero-order valence-corrected chi connectivity index (χ0v) is 15.5. The molecule has 3 rings (SSSR count). The molecule has 27 heavy (non-hydrogen) atoms. The summed E-state index contributed by atoms with van der Waals surface area (Å²) in [5.41, 5.74) is 2.37. The third kappa shape index (κ3) is 4.34. The van der Waals surface area contributed by atoms with Crippen molar-refractivity contribution in [3.63, 3.8) is 0 Å². The van der Waals surface area contributed by atoms with Gasteiger partial charge in [0.1, 0.15) is 0 Å². The number of amides is 1. The van der Waals surface area contributed by atoms with Gasteiger partial charge in [-0.3, -0.25) is 4.79 Å². The van der Waals surface area contributed by atoms with Crippen LogP contribution in [0.3, 0.4) is 0 Å². The van der Waals surface area contributed by atoms with Gasteiger partial charge in [0.2, 0.25) is 0 Å². The predicted octanol–water partition coefficient (Wildman–Crippen LogP) is 4.18. The second-order valence-corrected chi connectivity index (χ2v) is 6.42. The van der Waals surface area contributed by atoms with E-state index in [-0.39, 0.29) is 11.6 Å². The van der Waals surface area contributed by atoms with Crippen molar-refractivity contribution in [1.29, 1.82) is 0 Å². The van der Waals surface area contributed by atoms with E-state index in [9.17, 15) is 9.59 Å². The molecule has 2 aromatic carbocycles. The van der Waals surface area contributed by atoms with Crippen LogP contribution in [0.25, 0.3) is 22.0 Å². The lowest BCUT2D eigenvalue weighted by Gasteiger charge is -2.15. The number of fused-ring (bicyclic) bond motifs is 1. The Morgan fingerprint density at radius 2 is 1.85 bits per heavy atom. The fraction of sp³-hybridized carbons (Fsp3) is 0.286. The number of rotatable bonds is 6. The smallest absolute Gasteiger partial charge is 0.407 e. The Hall–Kier alpha value is -3.15. The molecule has 1 heterocycles. The average Bonchev–Trinajstić information content (AvgIpc) is 2.69. The summed E-state index contributed by atoms with van der Waals surface area (Å²) >= 11 is 0. The first-order chi connectivity index (χ1) is 13.1. The molecule has 1 amide bonds. The normalized spacial score (nSPS) is 11.9. The predicted molar refractivity (Wildman–Crippen MR) is 106 cm³/mol. The number of nitrogens with zero attached hydrogens (tertiary/aromatic N) is 1. The number of benzene rings is 2. The van der Waals surface area contributed by atoms with E-state index in [1.165, 1.54) is 0 Å². The molecule has 3 aromatic rings. The highest BCUT2D eigenvalue weighted by molar-refractivity contribution is 5.93. The molecule has 140 valence electrons. The van der Waals surface area contributed by atoms with Crippen LogP contribution in [0.5, 0.6) is 0 Å².